The SMILES string of the molecule is O=C(Nc1cccnc1)c1ccc(N2C(=O)C3C4C=CC(CC4)C3C2=O)cc1. The number of benzene rings is 1. The highest BCUT2D eigenvalue weighted by molar-refractivity contribution is 6.22. The zero-order valence-electron chi connectivity index (χ0n) is 15.1. The maximum absolute atomic E-state index is 13.0. The second-order valence-corrected chi connectivity index (χ2v) is 7.60. The van der Waals surface area contributed by atoms with Gasteiger partial charge in [0.05, 0.1) is 29.4 Å². The summed E-state index contributed by atoms with van der Waals surface area (Å²) in [5.74, 6) is -0.616. The maximum Gasteiger partial charge on any atom is 0.255 e. The summed E-state index contributed by atoms with van der Waals surface area (Å²) in [7, 11) is 0. The van der Waals surface area contributed by atoms with Crippen molar-refractivity contribution in [2.24, 2.45) is 23.7 Å². The van der Waals surface area contributed by atoms with E-state index in [9.17, 15) is 14.4 Å². The molecule has 4 aliphatic rings. The van der Waals surface area contributed by atoms with Gasteiger partial charge in [-0.05, 0) is 61.1 Å². The van der Waals surface area contributed by atoms with Gasteiger partial charge in [0.15, 0.2) is 0 Å². The predicted octanol–water partition coefficient (Wildman–Crippen LogP) is 3.04. The van der Waals surface area contributed by atoms with Crippen LogP contribution in [0.2, 0.25) is 0 Å². The van der Waals surface area contributed by atoms with E-state index in [-0.39, 0.29) is 41.4 Å². The molecule has 4 atom stereocenters. The smallest absolute Gasteiger partial charge is 0.255 e. The molecule has 140 valence electrons. The Morgan fingerprint density at radius 2 is 1.61 bits per heavy atom. The summed E-state index contributed by atoms with van der Waals surface area (Å²) >= 11 is 0. The van der Waals surface area contributed by atoms with Crippen LogP contribution in [0.5, 0.6) is 0 Å². The van der Waals surface area contributed by atoms with Crippen molar-refractivity contribution in [3.8, 4) is 0 Å². The van der Waals surface area contributed by atoms with Gasteiger partial charge < -0.3 is 5.32 Å². The first-order valence-electron chi connectivity index (χ1n) is 9.51. The zero-order valence-corrected chi connectivity index (χ0v) is 15.1. The molecule has 28 heavy (non-hydrogen) atoms. The van der Waals surface area contributed by atoms with Crippen molar-refractivity contribution in [2.75, 3.05) is 10.2 Å². The standard InChI is InChI=1S/C22H19N3O3/c26-20(24-16-2-1-11-23-12-16)15-7-9-17(10-8-15)25-21(27)18-13-3-4-14(6-5-13)19(18)22(25)28/h1-4,7-14,18-19H,5-6H2,(H,24,26). The van der Waals surface area contributed by atoms with Crippen LogP contribution in [0.15, 0.2) is 60.9 Å². The number of rotatable bonds is 3. The average Bonchev–Trinajstić information content (AvgIpc) is 3.02. The second kappa shape index (κ2) is 6.41. The highest BCUT2D eigenvalue weighted by Gasteiger charge is 2.56. The number of amides is 3. The van der Waals surface area contributed by atoms with Crippen LogP contribution in [0.3, 0.4) is 0 Å². The third-order valence-corrected chi connectivity index (χ3v) is 6.07. The van der Waals surface area contributed by atoms with Gasteiger partial charge in [0, 0.05) is 11.8 Å². The molecule has 2 heterocycles. The number of carbonyl (C=O) groups is 3. The van der Waals surface area contributed by atoms with Crippen LogP contribution in [0.25, 0.3) is 0 Å². The Labute approximate surface area is 162 Å². The summed E-state index contributed by atoms with van der Waals surface area (Å²) in [6, 6.07) is 10.1. The number of hydrogen-bond acceptors (Lipinski definition) is 4. The van der Waals surface area contributed by atoms with Gasteiger partial charge in [-0.2, -0.15) is 0 Å². The number of allylic oxidation sites excluding steroid dienone is 2. The van der Waals surface area contributed by atoms with E-state index in [1.165, 1.54) is 4.90 Å². The number of carbonyl (C=O) groups excluding carboxylic acids is 3. The predicted molar refractivity (Wildman–Crippen MR) is 103 cm³/mol. The number of nitrogens with one attached hydrogen (secondary N) is 1. The molecule has 0 radical (unpaired) electrons. The summed E-state index contributed by atoms with van der Waals surface area (Å²) in [4.78, 5) is 43.6. The number of imide groups is 1. The molecule has 2 aromatic rings. The molecule has 3 aliphatic carbocycles. The van der Waals surface area contributed by atoms with Crippen LogP contribution >= 0.6 is 0 Å². The molecule has 4 unspecified atom stereocenters. The van der Waals surface area contributed by atoms with Crippen molar-refractivity contribution in [1.29, 1.82) is 0 Å². The lowest BCUT2D eigenvalue weighted by Gasteiger charge is -2.38. The fraction of sp³-hybridized carbons (Fsp3) is 0.273. The lowest BCUT2D eigenvalue weighted by Crippen LogP contribution is -2.38. The number of pyridine rings is 1. The van der Waals surface area contributed by atoms with E-state index >= 15 is 0 Å². The molecule has 6 heteroatoms. The molecule has 1 aromatic heterocycles. The largest absolute Gasteiger partial charge is 0.321 e. The molecule has 1 saturated heterocycles. The quantitative estimate of drug-likeness (QED) is 0.662. The van der Waals surface area contributed by atoms with E-state index in [0.29, 0.717) is 16.9 Å². The topological polar surface area (TPSA) is 79.4 Å². The Kier molecular flexibility index (Phi) is 3.86. The molecule has 0 spiro atoms. The van der Waals surface area contributed by atoms with Gasteiger partial charge in [-0.3, -0.25) is 24.3 Å². The molecule has 1 aromatic carbocycles. The number of fused-ring (bicyclic) bond motifs is 1. The maximum atomic E-state index is 13.0. The molecule has 6 rings (SSSR count). The average molecular weight is 373 g/mol. The lowest BCUT2D eigenvalue weighted by molar-refractivity contribution is -0.124. The molecule has 1 aliphatic heterocycles. The van der Waals surface area contributed by atoms with Crippen molar-refractivity contribution < 1.29 is 14.4 Å². The summed E-state index contributed by atoms with van der Waals surface area (Å²) in [5.41, 5.74) is 1.58. The van der Waals surface area contributed by atoms with E-state index in [2.05, 4.69) is 22.5 Å². The Morgan fingerprint density at radius 1 is 0.964 bits per heavy atom. The Hall–Kier alpha value is -3.28. The van der Waals surface area contributed by atoms with Gasteiger partial charge >= 0.3 is 0 Å². The van der Waals surface area contributed by atoms with Crippen molar-refractivity contribution in [3.05, 3.63) is 66.5 Å². The first kappa shape index (κ1) is 16.9. The monoisotopic (exact) mass is 373 g/mol. The summed E-state index contributed by atoms with van der Waals surface area (Å²) < 4.78 is 0. The Morgan fingerprint density at radius 3 is 2.14 bits per heavy atom. The number of aromatic nitrogens is 1. The molecule has 1 saturated carbocycles. The Bertz CT molecular complexity index is 952. The highest BCUT2D eigenvalue weighted by Crippen LogP contribution is 2.50. The fourth-order valence-electron chi connectivity index (χ4n) is 4.73. The molecule has 1 N–H and O–H groups in total. The van der Waals surface area contributed by atoms with Crippen molar-refractivity contribution in [2.45, 2.75) is 12.8 Å². The van der Waals surface area contributed by atoms with Gasteiger partial charge in [-0.1, -0.05) is 12.2 Å². The van der Waals surface area contributed by atoms with Crippen LogP contribution in [-0.4, -0.2) is 22.7 Å². The van der Waals surface area contributed by atoms with Gasteiger partial charge in [-0.15, -0.1) is 0 Å². The third kappa shape index (κ3) is 2.56. The number of nitrogens with zero attached hydrogens (tertiary/aromatic N) is 2. The van der Waals surface area contributed by atoms with Crippen LogP contribution in [-0.2, 0) is 9.59 Å². The van der Waals surface area contributed by atoms with E-state index in [1.54, 1.807) is 48.8 Å². The summed E-state index contributed by atoms with van der Waals surface area (Å²) in [5, 5.41) is 2.77. The minimum absolute atomic E-state index is 0.110. The minimum atomic E-state index is -0.269. The van der Waals surface area contributed by atoms with Crippen LogP contribution in [0, 0.1) is 23.7 Å². The van der Waals surface area contributed by atoms with Gasteiger partial charge in [0.2, 0.25) is 11.8 Å². The summed E-state index contributed by atoms with van der Waals surface area (Å²) in [6.07, 6.45) is 9.36. The number of anilines is 2. The van der Waals surface area contributed by atoms with E-state index in [0.717, 1.165) is 12.8 Å². The first-order chi connectivity index (χ1) is 13.6. The molecule has 6 nitrogen and oxygen atoms in total. The normalized spacial score (nSPS) is 27.8. The molecular formula is C22H19N3O3. The zero-order chi connectivity index (χ0) is 19.3. The van der Waals surface area contributed by atoms with E-state index < -0.39 is 0 Å². The highest BCUT2D eigenvalue weighted by atomic mass is 16.2. The molecule has 3 amide bonds. The minimum Gasteiger partial charge on any atom is -0.321 e. The van der Waals surface area contributed by atoms with Crippen LogP contribution in [0.1, 0.15) is 23.2 Å². The van der Waals surface area contributed by atoms with Crippen molar-refractivity contribution in [3.63, 3.8) is 0 Å². The van der Waals surface area contributed by atoms with Gasteiger partial charge in [0.25, 0.3) is 5.91 Å². The molecule has 2 bridgehead atoms. The first-order valence-corrected chi connectivity index (χ1v) is 9.51. The van der Waals surface area contributed by atoms with Crippen LogP contribution < -0.4 is 10.2 Å². The van der Waals surface area contributed by atoms with Gasteiger partial charge in [-0.25, -0.2) is 0 Å². The molecular weight excluding hydrogens is 354 g/mol. The van der Waals surface area contributed by atoms with Crippen molar-refractivity contribution >= 4 is 29.1 Å². The number of hydrogen-bond donors (Lipinski definition) is 1. The fourth-order valence-corrected chi connectivity index (χ4v) is 4.73. The van der Waals surface area contributed by atoms with E-state index in [4.69, 9.17) is 0 Å². The third-order valence-electron chi connectivity index (χ3n) is 6.07. The summed E-state index contributed by atoms with van der Waals surface area (Å²) in [6.45, 7) is 0. The lowest BCUT2D eigenvalue weighted by atomic mass is 9.63. The van der Waals surface area contributed by atoms with Gasteiger partial charge in [0.1, 0.15) is 0 Å². The molecule has 2 fully saturated rings. The van der Waals surface area contributed by atoms with Crippen LogP contribution in [0.4, 0.5) is 11.4 Å². The van der Waals surface area contributed by atoms with E-state index in [1.807, 2.05) is 0 Å². The second-order valence-electron chi connectivity index (χ2n) is 7.60. The Balaban J connectivity index is 1.37. The van der Waals surface area contributed by atoms with Crippen molar-refractivity contribution in [1.82, 2.24) is 4.98 Å².